The monoisotopic (exact) mass is 341 g/mol. The molecule has 0 saturated heterocycles. The van der Waals surface area contributed by atoms with Gasteiger partial charge >= 0.3 is 5.92 Å². The summed E-state index contributed by atoms with van der Waals surface area (Å²) in [5.41, 5.74) is 0.286. The van der Waals surface area contributed by atoms with E-state index < -0.39 is 16.3 Å². The second kappa shape index (κ2) is 5.42. The van der Waals surface area contributed by atoms with Gasteiger partial charge < -0.3 is 10.1 Å². The third-order valence-corrected chi connectivity index (χ3v) is 2.79. The summed E-state index contributed by atoms with van der Waals surface area (Å²) in [6, 6.07) is 6.26. The maximum absolute atomic E-state index is 13.0. The van der Waals surface area contributed by atoms with Crippen molar-refractivity contribution in [1.82, 2.24) is 0 Å². The van der Waals surface area contributed by atoms with Crippen LogP contribution < -0.4 is 10.1 Å². The minimum Gasteiger partial charge on any atom is -0.497 e. The number of carbonyl (C=O) groups is 1. The highest BCUT2D eigenvalue weighted by Gasteiger charge is 2.37. The van der Waals surface area contributed by atoms with Crippen molar-refractivity contribution in [1.29, 1.82) is 0 Å². The molecule has 0 fully saturated rings. The topological polar surface area (TPSA) is 38.3 Å². The molecule has 0 aliphatic carbocycles. The van der Waals surface area contributed by atoms with Crippen molar-refractivity contribution in [2.45, 2.75) is 5.92 Å². The van der Waals surface area contributed by atoms with Crippen molar-refractivity contribution < 1.29 is 18.3 Å². The second-order valence-electron chi connectivity index (χ2n) is 3.02. The minimum atomic E-state index is -3.36. The lowest BCUT2D eigenvalue weighted by Gasteiger charge is -2.13. The van der Waals surface area contributed by atoms with Crippen LogP contribution in [0.15, 0.2) is 24.3 Å². The van der Waals surface area contributed by atoms with E-state index in [4.69, 9.17) is 4.74 Å². The van der Waals surface area contributed by atoms with Gasteiger partial charge in [0.05, 0.1) is 11.5 Å². The maximum atomic E-state index is 13.0. The summed E-state index contributed by atoms with van der Waals surface area (Å²) in [5, 5.41) is 2.13. The molecule has 0 spiro atoms. The van der Waals surface area contributed by atoms with Gasteiger partial charge in [-0.2, -0.15) is 8.78 Å². The van der Waals surface area contributed by atoms with Crippen LogP contribution in [0.2, 0.25) is 0 Å². The van der Waals surface area contributed by atoms with Gasteiger partial charge in [-0.05, 0) is 12.1 Å². The third-order valence-electron chi connectivity index (χ3n) is 1.83. The number of ether oxygens (including phenoxy) is 1. The first-order chi connectivity index (χ1) is 7.49. The fourth-order valence-electron chi connectivity index (χ4n) is 0.984. The molecule has 0 unspecified atom stereocenters. The van der Waals surface area contributed by atoms with E-state index in [1.54, 1.807) is 12.1 Å². The number of anilines is 1. The molecule has 0 bridgehead atoms. The van der Waals surface area contributed by atoms with Gasteiger partial charge in [0.2, 0.25) is 0 Å². The van der Waals surface area contributed by atoms with Crippen LogP contribution in [0.1, 0.15) is 0 Å². The molecule has 6 heteroatoms. The van der Waals surface area contributed by atoms with E-state index in [1.807, 2.05) is 0 Å². The highest BCUT2D eigenvalue weighted by atomic mass is 127. The Kier molecular flexibility index (Phi) is 4.45. The lowest BCUT2D eigenvalue weighted by molar-refractivity contribution is -0.136. The summed E-state index contributed by atoms with van der Waals surface area (Å²) in [6.07, 6.45) is 0. The number of hydrogen-bond acceptors (Lipinski definition) is 2. The van der Waals surface area contributed by atoms with Crippen LogP contribution in [0.3, 0.4) is 0 Å². The molecule has 16 heavy (non-hydrogen) atoms. The number of benzene rings is 1. The van der Waals surface area contributed by atoms with Crippen LogP contribution in [0.25, 0.3) is 0 Å². The van der Waals surface area contributed by atoms with Gasteiger partial charge in [0, 0.05) is 11.8 Å². The summed E-state index contributed by atoms with van der Waals surface area (Å²) < 4.78 is 30.3. The van der Waals surface area contributed by atoms with E-state index in [1.165, 1.54) is 41.8 Å². The van der Waals surface area contributed by atoms with E-state index in [9.17, 15) is 13.6 Å². The molecule has 1 amide bonds. The number of amides is 1. The maximum Gasteiger partial charge on any atom is 0.333 e. The zero-order valence-electron chi connectivity index (χ0n) is 8.47. The first-order valence-corrected chi connectivity index (χ1v) is 5.91. The van der Waals surface area contributed by atoms with E-state index >= 15 is 0 Å². The molecule has 0 aliphatic rings. The van der Waals surface area contributed by atoms with Gasteiger partial charge in [-0.25, -0.2) is 0 Å². The lowest BCUT2D eigenvalue weighted by atomic mass is 10.3. The molecular formula is C10H10F2INO2. The molecule has 0 atom stereocenters. The Morgan fingerprint density at radius 2 is 2.25 bits per heavy atom. The molecule has 0 aliphatic heterocycles. The fraction of sp³-hybridized carbons (Fsp3) is 0.300. The molecule has 0 saturated carbocycles. The summed E-state index contributed by atoms with van der Waals surface area (Å²) in [4.78, 5) is 11.2. The zero-order valence-corrected chi connectivity index (χ0v) is 10.6. The predicted octanol–water partition coefficient (Wildman–Crippen LogP) is 2.70. The average Bonchev–Trinajstić information content (AvgIpc) is 2.29. The summed E-state index contributed by atoms with van der Waals surface area (Å²) in [7, 11) is 1.46. The number of alkyl halides is 3. The highest BCUT2D eigenvalue weighted by molar-refractivity contribution is 14.1. The van der Waals surface area contributed by atoms with Gasteiger partial charge in [0.1, 0.15) is 5.75 Å². The lowest BCUT2D eigenvalue weighted by Crippen LogP contribution is -2.35. The molecule has 1 rings (SSSR count). The Hall–Kier alpha value is -0.920. The molecule has 88 valence electrons. The average molecular weight is 341 g/mol. The van der Waals surface area contributed by atoms with Crippen molar-refractivity contribution in [2.24, 2.45) is 0 Å². The predicted molar refractivity (Wildman–Crippen MR) is 65.5 cm³/mol. The number of carbonyl (C=O) groups excluding carboxylic acids is 1. The Morgan fingerprint density at radius 3 is 2.81 bits per heavy atom. The van der Waals surface area contributed by atoms with Gasteiger partial charge in [0.25, 0.3) is 5.91 Å². The number of rotatable bonds is 4. The molecule has 1 N–H and O–H groups in total. The van der Waals surface area contributed by atoms with Gasteiger partial charge in [0.15, 0.2) is 0 Å². The zero-order chi connectivity index (χ0) is 12.2. The standard InChI is InChI=1S/C10H10F2INO2/c1-16-8-4-2-3-7(5-8)14-9(15)10(11,12)6-13/h2-5H,6H2,1H3,(H,14,15). The van der Waals surface area contributed by atoms with Crippen LogP contribution in [-0.4, -0.2) is 23.4 Å². The number of methoxy groups -OCH3 is 1. The van der Waals surface area contributed by atoms with Crippen LogP contribution >= 0.6 is 22.6 Å². The first-order valence-electron chi connectivity index (χ1n) is 4.39. The SMILES string of the molecule is COc1cccc(NC(=O)C(F)(F)CI)c1. The van der Waals surface area contributed by atoms with Crippen LogP contribution in [0, 0.1) is 0 Å². The smallest absolute Gasteiger partial charge is 0.333 e. The van der Waals surface area contributed by atoms with Crippen molar-refractivity contribution in [3.05, 3.63) is 24.3 Å². The Morgan fingerprint density at radius 1 is 1.56 bits per heavy atom. The van der Waals surface area contributed by atoms with Crippen molar-refractivity contribution in [3.8, 4) is 5.75 Å². The minimum absolute atomic E-state index is 0.286. The third kappa shape index (κ3) is 3.29. The van der Waals surface area contributed by atoms with E-state index in [0.29, 0.717) is 5.75 Å². The van der Waals surface area contributed by atoms with Gasteiger partial charge in [-0.15, -0.1) is 0 Å². The fourth-order valence-corrected chi connectivity index (χ4v) is 1.33. The first kappa shape index (κ1) is 13.1. The second-order valence-corrected chi connectivity index (χ2v) is 3.79. The van der Waals surface area contributed by atoms with Gasteiger partial charge in [-0.1, -0.05) is 28.7 Å². The normalized spacial score (nSPS) is 11.0. The van der Waals surface area contributed by atoms with Crippen LogP contribution in [0.4, 0.5) is 14.5 Å². The molecule has 3 nitrogen and oxygen atoms in total. The molecule has 0 aromatic heterocycles. The van der Waals surface area contributed by atoms with Gasteiger partial charge in [-0.3, -0.25) is 4.79 Å². The number of nitrogens with one attached hydrogen (secondary N) is 1. The molecule has 1 aromatic rings. The van der Waals surface area contributed by atoms with Crippen LogP contribution in [0.5, 0.6) is 5.75 Å². The molecule has 1 aromatic carbocycles. The van der Waals surface area contributed by atoms with E-state index in [2.05, 4.69) is 5.32 Å². The molecular weight excluding hydrogens is 331 g/mol. The van der Waals surface area contributed by atoms with Crippen LogP contribution in [-0.2, 0) is 4.79 Å². The number of hydrogen-bond donors (Lipinski definition) is 1. The van der Waals surface area contributed by atoms with Crippen molar-refractivity contribution in [3.63, 3.8) is 0 Å². The quantitative estimate of drug-likeness (QED) is 0.676. The van der Waals surface area contributed by atoms with Crippen molar-refractivity contribution in [2.75, 3.05) is 16.9 Å². The van der Waals surface area contributed by atoms with E-state index in [-0.39, 0.29) is 5.69 Å². The highest BCUT2D eigenvalue weighted by Crippen LogP contribution is 2.21. The summed E-state index contributed by atoms with van der Waals surface area (Å²) in [5.74, 6) is -4.17. The van der Waals surface area contributed by atoms with E-state index in [0.717, 1.165) is 0 Å². The largest absolute Gasteiger partial charge is 0.497 e. The molecule has 0 heterocycles. The summed E-state index contributed by atoms with van der Waals surface area (Å²) >= 11 is 1.47. The molecule has 0 radical (unpaired) electrons. The Balaban J connectivity index is 2.77. The number of halogens is 3. The Bertz CT molecular complexity index is 385. The Labute approximate surface area is 105 Å². The summed E-state index contributed by atoms with van der Waals surface area (Å²) in [6.45, 7) is 0. The van der Waals surface area contributed by atoms with Crippen molar-refractivity contribution >= 4 is 34.2 Å².